The molecule has 0 aliphatic rings. The molecule has 1 aromatic heterocycles. The second-order valence-electron chi connectivity index (χ2n) is 4.43. The number of pyridine rings is 1. The highest BCUT2D eigenvalue weighted by atomic mass is 35.5. The Morgan fingerprint density at radius 3 is 2.75 bits per heavy atom. The van der Waals surface area contributed by atoms with Crippen LogP contribution in [0.2, 0.25) is 5.02 Å². The number of nitrogens with one attached hydrogen (secondary N) is 2. The third-order valence-electron chi connectivity index (χ3n) is 2.76. The van der Waals surface area contributed by atoms with E-state index in [0.717, 1.165) is 11.3 Å². The van der Waals surface area contributed by atoms with Crippen LogP contribution in [0.4, 0.5) is 5.69 Å². The fraction of sp³-hybridized carbons (Fsp3) is 0.143. The zero-order chi connectivity index (χ0) is 14.7. The van der Waals surface area contributed by atoms with Crippen LogP contribution in [-0.2, 0) is 7.05 Å². The summed E-state index contributed by atoms with van der Waals surface area (Å²) in [5, 5.41) is 0.122. The first-order chi connectivity index (χ1) is 9.47. The highest BCUT2D eigenvalue weighted by Crippen LogP contribution is 2.13. The molecule has 0 bridgehead atoms. The largest absolute Gasteiger partial charge is 0.318 e. The summed E-state index contributed by atoms with van der Waals surface area (Å²) in [6, 6.07) is 8.77. The van der Waals surface area contributed by atoms with E-state index < -0.39 is 5.91 Å². The molecule has 2 rings (SSSR count). The minimum atomic E-state index is -0.410. The van der Waals surface area contributed by atoms with Crippen molar-refractivity contribution in [2.75, 3.05) is 5.43 Å². The number of hydrogen-bond acceptors (Lipinski definition) is 3. The van der Waals surface area contributed by atoms with Crippen molar-refractivity contribution in [1.29, 1.82) is 0 Å². The highest BCUT2D eigenvalue weighted by Gasteiger charge is 2.11. The zero-order valence-electron chi connectivity index (χ0n) is 11.1. The number of benzene rings is 1. The summed E-state index contributed by atoms with van der Waals surface area (Å²) in [5.41, 5.74) is 7.14. The van der Waals surface area contributed by atoms with Crippen LogP contribution in [0.3, 0.4) is 0 Å². The molecule has 0 saturated carbocycles. The van der Waals surface area contributed by atoms with Crippen molar-refractivity contribution in [2.45, 2.75) is 6.92 Å². The van der Waals surface area contributed by atoms with Crippen LogP contribution in [0.5, 0.6) is 0 Å². The number of aromatic nitrogens is 1. The van der Waals surface area contributed by atoms with Crippen LogP contribution in [-0.4, -0.2) is 10.5 Å². The smallest absolute Gasteiger partial charge is 0.272 e. The molecule has 0 radical (unpaired) electrons. The van der Waals surface area contributed by atoms with Gasteiger partial charge in [0, 0.05) is 19.3 Å². The molecule has 0 fully saturated rings. The Labute approximate surface area is 121 Å². The van der Waals surface area contributed by atoms with Gasteiger partial charge in [0.2, 0.25) is 0 Å². The van der Waals surface area contributed by atoms with Crippen LogP contribution in [0.25, 0.3) is 0 Å². The number of aryl methyl sites for hydroxylation is 2. The summed E-state index contributed by atoms with van der Waals surface area (Å²) in [5.74, 6) is -0.410. The molecule has 104 valence electrons. The lowest BCUT2D eigenvalue weighted by Crippen LogP contribution is -2.31. The van der Waals surface area contributed by atoms with Gasteiger partial charge in [0.05, 0.1) is 16.3 Å². The number of amides is 1. The molecule has 0 atom stereocenters. The molecule has 0 aliphatic carbocycles. The van der Waals surface area contributed by atoms with E-state index in [-0.39, 0.29) is 16.1 Å². The third-order valence-corrected chi connectivity index (χ3v) is 3.07. The second kappa shape index (κ2) is 5.79. The fourth-order valence-corrected chi connectivity index (χ4v) is 1.92. The van der Waals surface area contributed by atoms with Gasteiger partial charge in [-0.25, -0.2) is 0 Å². The van der Waals surface area contributed by atoms with Gasteiger partial charge in [-0.3, -0.25) is 20.4 Å². The fourth-order valence-electron chi connectivity index (χ4n) is 1.69. The maximum atomic E-state index is 12.0. The standard InChI is InChI=1S/C14H14ClN3O2/c1-9-4-3-5-10(6-9)16-17-14(20)11-8-18(2)13(19)7-12(11)15/h3-8,16H,1-2H3,(H,17,20). The van der Waals surface area contributed by atoms with Crippen LogP contribution in [0.1, 0.15) is 15.9 Å². The molecular weight excluding hydrogens is 278 g/mol. The van der Waals surface area contributed by atoms with E-state index in [9.17, 15) is 9.59 Å². The van der Waals surface area contributed by atoms with E-state index in [1.165, 1.54) is 16.8 Å². The minimum Gasteiger partial charge on any atom is -0.318 e. The average molecular weight is 292 g/mol. The molecule has 6 heteroatoms. The van der Waals surface area contributed by atoms with Crippen molar-refractivity contribution in [2.24, 2.45) is 7.05 Å². The van der Waals surface area contributed by atoms with Crippen molar-refractivity contribution in [3.8, 4) is 0 Å². The van der Waals surface area contributed by atoms with Crippen LogP contribution >= 0.6 is 11.6 Å². The first kappa shape index (κ1) is 14.1. The van der Waals surface area contributed by atoms with Gasteiger partial charge in [0.15, 0.2) is 0 Å². The Kier molecular flexibility index (Phi) is 4.10. The van der Waals surface area contributed by atoms with E-state index >= 15 is 0 Å². The predicted molar refractivity (Wildman–Crippen MR) is 79.0 cm³/mol. The topological polar surface area (TPSA) is 63.1 Å². The van der Waals surface area contributed by atoms with Gasteiger partial charge in [-0.05, 0) is 24.6 Å². The summed E-state index contributed by atoms with van der Waals surface area (Å²) in [7, 11) is 1.56. The van der Waals surface area contributed by atoms with Gasteiger partial charge < -0.3 is 4.57 Å². The predicted octanol–water partition coefficient (Wildman–Crippen LogP) is 2.10. The van der Waals surface area contributed by atoms with Crippen molar-refractivity contribution in [1.82, 2.24) is 9.99 Å². The number of carbonyl (C=O) groups is 1. The van der Waals surface area contributed by atoms with E-state index in [2.05, 4.69) is 10.9 Å². The van der Waals surface area contributed by atoms with Crippen molar-refractivity contribution < 1.29 is 4.79 Å². The SMILES string of the molecule is Cc1cccc(NNC(=O)c2cn(C)c(=O)cc2Cl)c1. The third kappa shape index (κ3) is 3.19. The Morgan fingerprint density at radius 2 is 2.05 bits per heavy atom. The maximum Gasteiger partial charge on any atom is 0.272 e. The summed E-state index contributed by atoms with van der Waals surface area (Å²) in [6.07, 6.45) is 1.40. The number of carbonyl (C=O) groups excluding carboxylic acids is 1. The number of hydrazine groups is 1. The molecule has 0 saturated heterocycles. The lowest BCUT2D eigenvalue weighted by molar-refractivity contribution is 0.0962. The molecular formula is C14H14ClN3O2. The number of rotatable bonds is 3. The van der Waals surface area contributed by atoms with E-state index in [1.54, 1.807) is 7.05 Å². The first-order valence-electron chi connectivity index (χ1n) is 5.96. The van der Waals surface area contributed by atoms with E-state index in [0.29, 0.717) is 0 Å². The molecule has 20 heavy (non-hydrogen) atoms. The van der Waals surface area contributed by atoms with Gasteiger partial charge >= 0.3 is 0 Å². The summed E-state index contributed by atoms with van der Waals surface area (Å²) in [4.78, 5) is 23.4. The van der Waals surface area contributed by atoms with Gasteiger partial charge in [-0.15, -0.1) is 0 Å². The van der Waals surface area contributed by atoms with Gasteiger partial charge in [0.25, 0.3) is 11.5 Å². The molecule has 0 unspecified atom stereocenters. The zero-order valence-corrected chi connectivity index (χ0v) is 11.9. The summed E-state index contributed by atoms with van der Waals surface area (Å²) in [6.45, 7) is 1.96. The quantitative estimate of drug-likeness (QED) is 0.851. The number of halogens is 1. The molecule has 1 amide bonds. The highest BCUT2D eigenvalue weighted by molar-refractivity contribution is 6.33. The van der Waals surface area contributed by atoms with Crippen molar-refractivity contribution in [3.05, 3.63) is 63.0 Å². The molecule has 5 nitrogen and oxygen atoms in total. The number of hydrogen-bond donors (Lipinski definition) is 2. The molecule has 1 aromatic carbocycles. The van der Waals surface area contributed by atoms with Crippen molar-refractivity contribution >= 4 is 23.2 Å². The van der Waals surface area contributed by atoms with E-state index in [4.69, 9.17) is 11.6 Å². The molecule has 0 spiro atoms. The second-order valence-corrected chi connectivity index (χ2v) is 4.84. The Balaban J connectivity index is 2.13. The lowest BCUT2D eigenvalue weighted by atomic mass is 10.2. The summed E-state index contributed by atoms with van der Waals surface area (Å²) < 4.78 is 1.30. The van der Waals surface area contributed by atoms with Gasteiger partial charge in [-0.1, -0.05) is 23.7 Å². The van der Waals surface area contributed by atoms with Crippen LogP contribution < -0.4 is 16.4 Å². The van der Waals surface area contributed by atoms with Gasteiger partial charge in [-0.2, -0.15) is 0 Å². The Bertz CT molecular complexity index is 710. The molecule has 0 aliphatic heterocycles. The number of anilines is 1. The monoisotopic (exact) mass is 291 g/mol. The Hall–Kier alpha value is -2.27. The first-order valence-corrected chi connectivity index (χ1v) is 6.34. The summed E-state index contributed by atoms with van der Waals surface area (Å²) >= 11 is 5.90. The van der Waals surface area contributed by atoms with E-state index in [1.807, 2.05) is 31.2 Å². The maximum absolute atomic E-state index is 12.0. The van der Waals surface area contributed by atoms with Crippen LogP contribution in [0, 0.1) is 6.92 Å². The van der Waals surface area contributed by atoms with Gasteiger partial charge in [0.1, 0.15) is 0 Å². The lowest BCUT2D eigenvalue weighted by Gasteiger charge is -2.10. The number of nitrogens with zero attached hydrogens (tertiary/aromatic N) is 1. The molecule has 2 N–H and O–H groups in total. The van der Waals surface area contributed by atoms with Crippen LogP contribution in [0.15, 0.2) is 41.3 Å². The minimum absolute atomic E-state index is 0.122. The average Bonchev–Trinajstić information content (AvgIpc) is 2.40. The molecule has 2 aromatic rings. The normalized spacial score (nSPS) is 10.2. The van der Waals surface area contributed by atoms with Crippen molar-refractivity contribution in [3.63, 3.8) is 0 Å². The molecule has 1 heterocycles. The Morgan fingerprint density at radius 1 is 1.30 bits per heavy atom.